The summed E-state index contributed by atoms with van der Waals surface area (Å²) in [6.45, 7) is 4.62. The van der Waals surface area contributed by atoms with Gasteiger partial charge >= 0.3 is 0 Å². The second-order valence-electron chi connectivity index (χ2n) is 7.90. The Morgan fingerprint density at radius 2 is 2.07 bits per heavy atom. The quantitative estimate of drug-likeness (QED) is 0.725. The van der Waals surface area contributed by atoms with E-state index >= 15 is 0 Å². The first-order valence-corrected chi connectivity index (χ1v) is 11.6. The van der Waals surface area contributed by atoms with Gasteiger partial charge in [0, 0.05) is 25.8 Å². The molecule has 2 aliphatic rings. The largest absolute Gasteiger partial charge is 0.384 e. The Hall–Kier alpha value is -1.78. The molecule has 0 bridgehead atoms. The summed E-state index contributed by atoms with van der Waals surface area (Å²) in [6.07, 6.45) is 3.18. The highest BCUT2D eigenvalue weighted by molar-refractivity contribution is 7.89. The lowest BCUT2D eigenvalue weighted by Gasteiger charge is -2.36. The highest BCUT2D eigenvalue weighted by Gasteiger charge is 2.34. The molecule has 1 N–H and O–H groups in total. The van der Waals surface area contributed by atoms with Crippen LogP contribution in [-0.2, 0) is 32.5 Å². The Balaban J connectivity index is 1.91. The number of methoxy groups -OCH3 is 1. The number of nitrogens with one attached hydrogen (secondary N) is 1. The number of rotatable bonds is 6. The molecular formula is C19H30N4O5S. The maximum Gasteiger partial charge on any atom is 0.254 e. The van der Waals surface area contributed by atoms with E-state index in [4.69, 9.17) is 4.74 Å². The van der Waals surface area contributed by atoms with Gasteiger partial charge in [-0.25, -0.2) is 13.4 Å². The van der Waals surface area contributed by atoms with E-state index in [9.17, 15) is 18.0 Å². The van der Waals surface area contributed by atoms with Crippen LogP contribution >= 0.6 is 0 Å². The predicted octanol–water partition coefficient (Wildman–Crippen LogP) is 0.956. The predicted molar refractivity (Wildman–Crippen MR) is 108 cm³/mol. The molecule has 0 aromatic carbocycles. The summed E-state index contributed by atoms with van der Waals surface area (Å²) in [5.41, 5.74) is 0.799. The summed E-state index contributed by atoms with van der Waals surface area (Å²) < 4.78 is 31.5. The smallest absolute Gasteiger partial charge is 0.254 e. The molecule has 0 saturated carbocycles. The van der Waals surface area contributed by atoms with Crippen molar-refractivity contribution in [2.24, 2.45) is 0 Å². The summed E-state index contributed by atoms with van der Waals surface area (Å²) in [5.74, 6) is 0.420. The number of likely N-dealkylation sites (tertiary alicyclic amines) is 1. The van der Waals surface area contributed by atoms with Crippen LogP contribution in [0.1, 0.15) is 62.7 Å². The van der Waals surface area contributed by atoms with Crippen LogP contribution in [0.4, 0.5) is 0 Å². The Labute approximate surface area is 171 Å². The standard InChI is InChI=1S/C19H30N4O5S/c1-13(2)29(26,27)22-10-7-14-15(12-22)20-18(21-19(14)25)16-6-4-5-9-23(16)17(24)8-11-28-3/h13,16H,4-12H2,1-3H3,(H,20,21,25). The van der Waals surface area contributed by atoms with Crippen molar-refractivity contribution < 1.29 is 17.9 Å². The first-order valence-electron chi connectivity index (χ1n) is 10.1. The Bertz CT molecular complexity index is 912. The third-order valence-electron chi connectivity index (χ3n) is 5.67. The van der Waals surface area contributed by atoms with E-state index in [0.717, 1.165) is 12.8 Å². The number of fused-ring (bicyclic) bond motifs is 1. The first kappa shape index (κ1) is 21.9. The number of sulfonamides is 1. The molecule has 162 valence electrons. The van der Waals surface area contributed by atoms with Gasteiger partial charge in [-0.15, -0.1) is 0 Å². The fourth-order valence-electron chi connectivity index (χ4n) is 3.96. The maximum atomic E-state index is 12.7. The monoisotopic (exact) mass is 426 g/mol. The molecule has 2 aliphatic heterocycles. The minimum absolute atomic E-state index is 0.0269. The Morgan fingerprint density at radius 1 is 1.31 bits per heavy atom. The number of ether oxygens (including phenoxy) is 1. The van der Waals surface area contributed by atoms with Gasteiger partial charge in [0.2, 0.25) is 15.9 Å². The van der Waals surface area contributed by atoms with Crippen LogP contribution in [0.25, 0.3) is 0 Å². The lowest BCUT2D eigenvalue weighted by atomic mass is 10.00. The minimum Gasteiger partial charge on any atom is -0.384 e. The lowest BCUT2D eigenvalue weighted by Crippen LogP contribution is -2.44. The molecule has 3 heterocycles. The van der Waals surface area contributed by atoms with Crippen LogP contribution in [0.2, 0.25) is 0 Å². The number of H-pyrrole nitrogens is 1. The van der Waals surface area contributed by atoms with Gasteiger partial charge in [-0.1, -0.05) is 0 Å². The SMILES string of the molecule is COCCC(=O)N1CCCCC1c1nc2c(c(=O)[nH]1)CCN(S(=O)(=O)C(C)C)C2. The molecule has 10 heteroatoms. The van der Waals surface area contributed by atoms with E-state index in [1.807, 2.05) is 0 Å². The van der Waals surface area contributed by atoms with Crippen LogP contribution in [0.3, 0.4) is 0 Å². The van der Waals surface area contributed by atoms with E-state index in [-0.39, 0.29) is 37.0 Å². The van der Waals surface area contributed by atoms with Crippen molar-refractivity contribution in [3.63, 3.8) is 0 Å². The number of amides is 1. The number of hydrogen-bond acceptors (Lipinski definition) is 6. The third kappa shape index (κ3) is 4.54. The van der Waals surface area contributed by atoms with E-state index in [2.05, 4.69) is 9.97 Å². The van der Waals surface area contributed by atoms with Crippen LogP contribution in [0.5, 0.6) is 0 Å². The molecule has 1 aromatic heterocycles. The van der Waals surface area contributed by atoms with Gasteiger partial charge in [0.15, 0.2) is 0 Å². The fourth-order valence-corrected chi connectivity index (χ4v) is 5.20. The van der Waals surface area contributed by atoms with Crippen molar-refractivity contribution in [2.45, 2.75) is 63.8 Å². The summed E-state index contributed by atoms with van der Waals surface area (Å²) in [6, 6.07) is -0.303. The zero-order chi connectivity index (χ0) is 21.2. The van der Waals surface area contributed by atoms with Crippen molar-refractivity contribution in [2.75, 3.05) is 26.8 Å². The zero-order valence-corrected chi connectivity index (χ0v) is 18.1. The highest BCUT2D eigenvalue weighted by Crippen LogP contribution is 2.30. The molecular weight excluding hydrogens is 396 g/mol. The van der Waals surface area contributed by atoms with Crippen molar-refractivity contribution in [1.82, 2.24) is 19.2 Å². The van der Waals surface area contributed by atoms with Crippen molar-refractivity contribution in [1.29, 1.82) is 0 Å². The van der Waals surface area contributed by atoms with Gasteiger partial charge in [-0.05, 0) is 39.5 Å². The summed E-state index contributed by atoms with van der Waals surface area (Å²) >= 11 is 0. The molecule has 1 saturated heterocycles. The second kappa shape index (κ2) is 8.93. The number of carbonyl (C=O) groups excluding carboxylic acids is 1. The maximum absolute atomic E-state index is 12.7. The Kier molecular flexibility index (Phi) is 6.75. The zero-order valence-electron chi connectivity index (χ0n) is 17.3. The molecule has 0 spiro atoms. The minimum atomic E-state index is -3.43. The normalized spacial score (nSPS) is 20.7. The molecule has 1 fully saturated rings. The summed E-state index contributed by atoms with van der Waals surface area (Å²) in [5, 5.41) is -0.530. The number of aromatic amines is 1. The van der Waals surface area contributed by atoms with Crippen molar-refractivity contribution in [3.8, 4) is 0 Å². The highest BCUT2D eigenvalue weighted by atomic mass is 32.2. The molecule has 1 unspecified atom stereocenters. The third-order valence-corrected chi connectivity index (χ3v) is 7.89. The molecule has 9 nitrogen and oxygen atoms in total. The summed E-state index contributed by atoms with van der Waals surface area (Å²) in [4.78, 5) is 34.6. The molecule has 1 amide bonds. The first-order chi connectivity index (χ1) is 13.8. The van der Waals surface area contributed by atoms with Gasteiger partial charge in [-0.2, -0.15) is 4.31 Å². The number of piperidine rings is 1. The second-order valence-corrected chi connectivity index (χ2v) is 10.4. The van der Waals surface area contributed by atoms with Crippen LogP contribution in [-0.4, -0.2) is 65.6 Å². The topological polar surface area (TPSA) is 113 Å². The number of carbonyl (C=O) groups is 1. The van der Waals surface area contributed by atoms with Gasteiger partial charge in [0.25, 0.3) is 5.56 Å². The van der Waals surface area contributed by atoms with Gasteiger partial charge in [0.05, 0.1) is 36.6 Å². The van der Waals surface area contributed by atoms with E-state index in [1.54, 1.807) is 25.9 Å². The van der Waals surface area contributed by atoms with Crippen LogP contribution in [0.15, 0.2) is 4.79 Å². The molecule has 1 atom stereocenters. The molecule has 0 aliphatic carbocycles. The van der Waals surface area contributed by atoms with Crippen molar-refractivity contribution in [3.05, 3.63) is 27.4 Å². The van der Waals surface area contributed by atoms with Crippen molar-refractivity contribution >= 4 is 15.9 Å². The average Bonchev–Trinajstić information content (AvgIpc) is 2.71. The molecule has 3 rings (SSSR count). The number of hydrogen-bond donors (Lipinski definition) is 1. The van der Waals surface area contributed by atoms with Gasteiger partial charge in [0.1, 0.15) is 5.82 Å². The van der Waals surface area contributed by atoms with Crippen LogP contribution in [0, 0.1) is 0 Å². The molecule has 1 aromatic rings. The van der Waals surface area contributed by atoms with Gasteiger partial charge < -0.3 is 14.6 Å². The van der Waals surface area contributed by atoms with Gasteiger partial charge in [-0.3, -0.25) is 9.59 Å². The van der Waals surface area contributed by atoms with Crippen LogP contribution < -0.4 is 5.56 Å². The molecule has 29 heavy (non-hydrogen) atoms. The lowest BCUT2D eigenvalue weighted by molar-refractivity contribution is -0.136. The summed E-state index contributed by atoms with van der Waals surface area (Å²) in [7, 11) is -1.87. The molecule has 0 radical (unpaired) electrons. The number of aromatic nitrogens is 2. The Morgan fingerprint density at radius 3 is 2.76 bits per heavy atom. The number of nitrogens with zero attached hydrogens (tertiary/aromatic N) is 3. The van der Waals surface area contributed by atoms with E-state index in [0.29, 0.717) is 43.1 Å². The van der Waals surface area contributed by atoms with E-state index in [1.165, 1.54) is 4.31 Å². The van der Waals surface area contributed by atoms with E-state index < -0.39 is 15.3 Å². The average molecular weight is 427 g/mol. The fraction of sp³-hybridized carbons (Fsp3) is 0.737.